The Morgan fingerprint density at radius 2 is 1.00 bits per heavy atom. The number of hydrogen-bond acceptors (Lipinski definition) is 4. The Morgan fingerprint density at radius 1 is 0.643 bits per heavy atom. The van der Waals surface area contributed by atoms with Crippen molar-refractivity contribution in [3.63, 3.8) is 0 Å². The highest BCUT2D eigenvalue weighted by molar-refractivity contribution is 5.90. The van der Waals surface area contributed by atoms with Gasteiger partial charge < -0.3 is 9.47 Å². The number of hydrogen-bond donors (Lipinski definition) is 0. The van der Waals surface area contributed by atoms with E-state index in [1.807, 2.05) is 0 Å². The van der Waals surface area contributed by atoms with Crippen molar-refractivity contribution < 1.29 is 19.1 Å². The van der Waals surface area contributed by atoms with Crippen molar-refractivity contribution in [2.75, 3.05) is 13.2 Å². The van der Waals surface area contributed by atoms with Gasteiger partial charge in [0.15, 0.2) is 0 Å². The zero-order valence-electron chi connectivity index (χ0n) is 18.3. The van der Waals surface area contributed by atoms with Crippen LogP contribution in [0.5, 0.6) is 0 Å². The lowest BCUT2D eigenvalue weighted by Gasteiger charge is -2.06. The van der Waals surface area contributed by atoms with Crippen LogP contribution >= 0.6 is 0 Å². The van der Waals surface area contributed by atoms with Crippen molar-refractivity contribution in [1.29, 1.82) is 0 Å². The monoisotopic (exact) mass is 390 g/mol. The fourth-order valence-electron chi connectivity index (χ4n) is 2.26. The van der Waals surface area contributed by atoms with E-state index in [0.717, 1.165) is 51.4 Å². The van der Waals surface area contributed by atoms with Gasteiger partial charge in [-0.15, -0.1) is 0 Å². The number of unbranched alkanes of at least 4 members (excludes halogenated alkanes) is 4. The Bertz CT molecular complexity index is 513. The second-order valence-corrected chi connectivity index (χ2v) is 6.81. The fourth-order valence-corrected chi connectivity index (χ4v) is 2.26. The molecule has 0 aliphatic heterocycles. The molecular weight excluding hydrogens is 352 g/mol. The molecule has 28 heavy (non-hydrogen) atoms. The van der Waals surface area contributed by atoms with Crippen LogP contribution in [-0.2, 0) is 19.1 Å². The molecule has 0 spiro atoms. The summed E-state index contributed by atoms with van der Waals surface area (Å²) in [5.74, 6) is 5.22. The van der Waals surface area contributed by atoms with E-state index < -0.39 is 0 Å². The number of ether oxygens (including phenoxy) is 2. The number of esters is 2. The molecule has 0 saturated heterocycles. The summed E-state index contributed by atoms with van der Waals surface area (Å²) in [5.41, 5.74) is 1.19. The van der Waals surface area contributed by atoms with E-state index in [1.165, 1.54) is 0 Å². The minimum atomic E-state index is -0.287. The Kier molecular flexibility index (Phi) is 17.0. The Labute approximate surface area is 171 Å². The maximum atomic E-state index is 12.2. The van der Waals surface area contributed by atoms with Gasteiger partial charge in [0.2, 0.25) is 0 Å². The molecule has 0 aliphatic carbocycles. The standard InChI is InChI=1S/C24H38O4/c1-5-9-15-21(23(25)27-19-11-7-3)17-13-14-18-22(16-10-6-2)24(26)28-20-12-8-4/h17-18H,5-12,15-16,19-20H2,1-4H3/b21-17+,22-18+. The van der Waals surface area contributed by atoms with E-state index in [2.05, 4.69) is 39.5 Å². The van der Waals surface area contributed by atoms with Gasteiger partial charge in [-0.05, 0) is 50.7 Å². The molecule has 0 saturated carbocycles. The van der Waals surface area contributed by atoms with E-state index in [4.69, 9.17) is 9.47 Å². The molecular formula is C24H38O4. The van der Waals surface area contributed by atoms with Crippen LogP contribution in [0.25, 0.3) is 0 Å². The van der Waals surface area contributed by atoms with Gasteiger partial charge in [-0.1, -0.05) is 65.2 Å². The van der Waals surface area contributed by atoms with E-state index >= 15 is 0 Å². The van der Waals surface area contributed by atoms with Crippen LogP contribution in [0.1, 0.15) is 91.9 Å². The summed E-state index contributed by atoms with van der Waals surface area (Å²) in [5, 5.41) is 0. The van der Waals surface area contributed by atoms with Gasteiger partial charge in [0.25, 0.3) is 0 Å². The zero-order chi connectivity index (χ0) is 21.0. The van der Waals surface area contributed by atoms with Crippen LogP contribution in [0, 0.1) is 11.8 Å². The molecule has 0 N–H and O–H groups in total. The highest BCUT2D eigenvalue weighted by atomic mass is 16.5. The number of carbonyl (C=O) groups is 2. The van der Waals surface area contributed by atoms with E-state index in [1.54, 1.807) is 12.2 Å². The lowest BCUT2D eigenvalue weighted by atomic mass is 10.1. The first kappa shape index (κ1) is 26.0. The largest absolute Gasteiger partial charge is 0.462 e. The van der Waals surface area contributed by atoms with Crippen LogP contribution < -0.4 is 0 Å². The molecule has 0 rings (SSSR count). The molecule has 4 nitrogen and oxygen atoms in total. The molecule has 0 aliphatic rings. The summed E-state index contributed by atoms with van der Waals surface area (Å²) in [6, 6.07) is 0. The molecule has 0 radical (unpaired) electrons. The SMILES string of the molecule is CCCCOC(=O)/C(=C/C#C/C=C(\CCCC)C(=O)OCCCC)CCCC. The molecule has 0 fully saturated rings. The van der Waals surface area contributed by atoms with E-state index in [9.17, 15) is 9.59 Å². The van der Waals surface area contributed by atoms with Crippen LogP contribution in [0.15, 0.2) is 23.3 Å². The first-order chi connectivity index (χ1) is 13.6. The predicted molar refractivity (Wildman–Crippen MR) is 115 cm³/mol. The van der Waals surface area contributed by atoms with E-state index in [-0.39, 0.29) is 11.9 Å². The number of rotatable bonds is 14. The zero-order valence-corrected chi connectivity index (χ0v) is 18.3. The van der Waals surface area contributed by atoms with Gasteiger partial charge in [0, 0.05) is 11.1 Å². The normalized spacial score (nSPS) is 11.6. The molecule has 0 heterocycles. The maximum absolute atomic E-state index is 12.2. The molecule has 158 valence electrons. The van der Waals surface area contributed by atoms with E-state index in [0.29, 0.717) is 37.2 Å². The van der Waals surface area contributed by atoms with Crippen molar-refractivity contribution in [2.45, 2.75) is 91.9 Å². The molecule has 4 heteroatoms. The van der Waals surface area contributed by atoms with Gasteiger partial charge in [-0.2, -0.15) is 0 Å². The van der Waals surface area contributed by atoms with Gasteiger partial charge in [-0.25, -0.2) is 9.59 Å². The van der Waals surface area contributed by atoms with Crippen LogP contribution in [0.4, 0.5) is 0 Å². The Morgan fingerprint density at radius 3 is 1.32 bits per heavy atom. The summed E-state index contributed by atoms with van der Waals surface area (Å²) in [6.07, 6.45) is 12.1. The van der Waals surface area contributed by atoms with Gasteiger partial charge in [0.1, 0.15) is 0 Å². The van der Waals surface area contributed by atoms with Crippen molar-refractivity contribution in [1.82, 2.24) is 0 Å². The highest BCUT2D eigenvalue weighted by Crippen LogP contribution is 2.11. The molecule has 0 aromatic heterocycles. The first-order valence-corrected chi connectivity index (χ1v) is 10.8. The molecule has 0 unspecified atom stereocenters. The molecule has 0 aromatic rings. The lowest BCUT2D eigenvalue weighted by molar-refractivity contribution is -0.140. The minimum absolute atomic E-state index is 0.287. The van der Waals surface area contributed by atoms with Crippen LogP contribution in [-0.4, -0.2) is 25.2 Å². The quantitative estimate of drug-likeness (QED) is 0.160. The van der Waals surface area contributed by atoms with Crippen molar-refractivity contribution >= 4 is 11.9 Å². The molecule has 0 bridgehead atoms. The lowest BCUT2D eigenvalue weighted by Crippen LogP contribution is -2.09. The highest BCUT2D eigenvalue weighted by Gasteiger charge is 2.11. The average Bonchev–Trinajstić information content (AvgIpc) is 2.69. The smallest absolute Gasteiger partial charge is 0.334 e. The average molecular weight is 391 g/mol. The predicted octanol–water partition coefficient (Wildman–Crippen LogP) is 5.91. The van der Waals surface area contributed by atoms with Crippen LogP contribution in [0.2, 0.25) is 0 Å². The third-order valence-corrected chi connectivity index (χ3v) is 4.16. The van der Waals surface area contributed by atoms with Crippen molar-refractivity contribution in [3.05, 3.63) is 23.3 Å². The Hall–Kier alpha value is -2.02. The second-order valence-electron chi connectivity index (χ2n) is 6.81. The van der Waals surface area contributed by atoms with Gasteiger partial charge >= 0.3 is 11.9 Å². The number of allylic oxidation sites excluding steroid dienone is 2. The number of carbonyl (C=O) groups excluding carboxylic acids is 2. The van der Waals surface area contributed by atoms with Gasteiger partial charge in [0.05, 0.1) is 13.2 Å². The summed E-state index contributed by atoms with van der Waals surface area (Å²) in [4.78, 5) is 24.4. The fraction of sp³-hybridized carbons (Fsp3) is 0.667. The summed E-state index contributed by atoms with van der Waals surface area (Å²) in [7, 11) is 0. The Balaban J connectivity index is 5.12. The van der Waals surface area contributed by atoms with Gasteiger partial charge in [-0.3, -0.25) is 0 Å². The summed E-state index contributed by atoms with van der Waals surface area (Å²) >= 11 is 0. The van der Waals surface area contributed by atoms with Crippen molar-refractivity contribution in [3.8, 4) is 11.8 Å². The first-order valence-electron chi connectivity index (χ1n) is 10.8. The van der Waals surface area contributed by atoms with Crippen molar-refractivity contribution in [2.24, 2.45) is 0 Å². The molecule has 0 aromatic carbocycles. The third kappa shape index (κ3) is 13.2. The molecule has 0 amide bonds. The summed E-state index contributed by atoms with van der Waals surface area (Å²) < 4.78 is 10.6. The molecule has 0 atom stereocenters. The topological polar surface area (TPSA) is 52.6 Å². The maximum Gasteiger partial charge on any atom is 0.334 e. The minimum Gasteiger partial charge on any atom is -0.462 e. The van der Waals surface area contributed by atoms with Crippen LogP contribution in [0.3, 0.4) is 0 Å². The third-order valence-electron chi connectivity index (χ3n) is 4.16. The second kappa shape index (κ2) is 18.3. The summed E-state index contributed by atoms with van der Waals surface area (Å²) in [6.45, 7) is 9.16.